The molecule has 1 aromatic heterocycles. The van der Waals surface area contributed by atoms with Gasteiger partial charge < -0.3 is 15.2 Å². The van der Waals surface area contributed by atoms with Gasteiger partial charge >= 0.3 is 5.97 Å². The van der Waals surface area contributed by atoms with Crippen molar-refractivity contribution >= 4 is 11.9 Å². The maximum absolute atomic E-state index is 12.7. The highest BCUT2D eigenvalue weighted by molar-refractivity contribution is 5.97. The molecular weight excluding hydrogens is 334 g/mol. The number of rotatable bonds is 9. The minimum atomic E-state index is -1.06. The molecule has 0 spiro atoms. The quantitative estimate of drug-likeness (QED) is 0.718. The number of carbonyl (C=O) groups excluding carboxylic acids is 1. The summed E-state index contributed by atoms with van der Waals surface area (Å²) in [6, 6.07) is 8.36. The molecule has 0 aliphatic heterocycles. The molecule has 0 fully saturated rings. The summed E-state index contributed by atoms with van der Waals surface area (Å²) in [5, 5.41) is 16.3. The number of ether oxygens (including phenoxy) is 1. The molecule has 1 aromatic carbocycles. The van der Waals surface area contributed by atoms with Crippen LogP contribution in [0, 0.1) is 5.92 Å². The third-order valence-corrected chi connectivity index (χ3v) is 4.14. The van der Waals surface area contributed by atoms with Gasteiger partial charge in [0.15, 0.2) is 11.4 Å². The zero-order chi connectivity index (χ0) is 19.1. The Hall–Kier alpha value is -2.83. The second-order valence-corrected chi connectivity index (χ2v) is 6.15. The van der Waals surface area contributed by atoms with Crippen molar-refractivity contribution in [3.05, 3.63) is 42.2 Å². The number of hydrogen-bond acceptors (Lipinski definition) is 4. The predicted octanol–water partition coefficient (Wildman–Crippen LogP) is 2.89. The Labute approximate surface area is 153 Å². The maximum Gasteiger partial charge on any atom is 0.326 e. The van der Waals surface area contributed by atoms with E-state index in [1.165, 1.54) is 0 Å². The van der Waals surface area contributed by atoms with Crippen LogP contribution in [0.15, 0.2) is 36.5 Å². The number of carboxylic acid groups (broad SMARTS) is 1. The van der Waals surface area contributed by atoms with Gasteiger partial charge in [-0.05, 0) is 24.5 Å². The molecule has 0 saturated carbocycles. The molecule has 0 aliphatic rings. The number of amides is 1. The number of benzene rings is 1. The maximum atomic E-state index is 12.7. The Balaban J connectivity index is 2.31. The van der Waals surface area contributed by atoms with Gasteiger partial charge in [-0.15, -0.1) is 0 Å². The van der Waals surface area contributed by atoms with Gasteiger partial charge in [-0.3, -0.25) is 4.79 Å². The first-order valence-corrected chi connectivity index (χ1v) is 8.79. The summed E-state index contributed by atoms with van der Waals surface area (Å²) in [5.41, 5.74) is 0.862. The molecule has 0 radical (unpaired) electrons. The van der Waals surface area contributed by atoms with Crippen molar-refractivity contribution in [2.45, 2.75) is 39.7 Å². The van der Waals surface area contributed by atoms with Crippen LogP contribution in [0.5, 0.6) is 5.75 Å². The van der Waals surface area contributed by atoms with Gasteiger partial charge in [0.25, 0.3) is 5.91 Å². The summed E-state index contributed by atoms with van der Waals surface area (Å²) in [5.74, 6) is -1.49. The monoisotopic (exact) mass is 359 g/mol. The van der Waals surface area contributed by atoms with Crippen molar-refractivity contribution in [2.75, 3.05) is 6.61 Å². The van der Waals surface area contributed by atoms with E-state index < -0.39 is 17.9 Å². The molecule has 140 valence electrons. The third-order valence-electron chi connectivity index (χ3n) is 4.14. The van der Waals surface area contributed by atoms with E-state index in [9.17, 15) is 14.7 Å². The predicted molar refractivity (Wildman–Crippen MR) is 97.7 cm³/mol. The number of aromatic nitrogens is 2. The minimum absolute atomic E-state index is 0.0804. The summed E-state index contributed by atoms with van der Waals surface area (Å²) in [6.45, 7) is 6.07. The first kappa shape index (κ1) is 19.5. The van der Waals surface area contributed by atoms with Crippen LogP contribution in [-0.2, 0) is 4.79 Å². The topological polar surface area (TPSA) is 93.5 Å². The average Bonchev–Trinajstić information content (AvgIpc) is 3.08. The molecule has 2 N–H and O–H groups in total. The van der Waals surface area contributed by atoms with Crippen molar-refractivity contribution in [1.82, 2.24) is 15.1 Å². The SMILES string of the molecule is CCCOc1cn(-c2ccccc2)nc1C(=O)N[C@H](C(=O)O)[C@@H](C)CC. The Morgan fingerprint density at radius 3 is 2.54 bits per heavy atom. The van der Waals surface area contributed by atoms with Gasteiger partial charge in [0.05, 0.1) is 18.5 Å². The number of nitrogens with one attached hydrogen (secondary N) is 1. The van der Waals surface area contributed by atoms with Crippen LogP contribution in [0.2, 0.25) is 0 Å². The number of carboxylic acids is 1. The highest BCUT2D eigenvalue weighted by Crippen LogP contribution is 2.21. The second kappa shape index (κ2) is 9.03. The molecule has 26 heavy (non-hydrogen) atoms. The van der Waals surface area contributed by atoms with Crippen molar-refractivity contribution in [3.63, 3.8) is 0 Å². The Morgan fingerprint density at radius 2 is 1.96 bits per heavy atom. The molecule has 0 unspecified atom stereocenters. The van der Waals surface area contributed by atoms with Gasteiger partial charge in [-0.2, -0.15) is 5.10 Å². The lowest BCUT2D eigenvalue weighted by molar-refractivity contribution is -0.140. The van der Waals surface area contributed by atoms with Gasteiger partial charge in [0.1, 0.15) is 6.04 Å². The zero-order valence-electron chi connectivity index (χ0n) is 15.3. The van der Waals surface area contributed by atoms with Gasteiger partial charge in [-0.1, -0.05) is 45.4 Å². The van der Waals surface area contributed by atoms with Crippen molar-refractivity contribution in [3.8, 4) is 11.4 Å². The number of hydrogen-bond donors (Lipinski definition) is 2. The van der Waals surface area contributed by atoms with Crippen LogP contribution in [0.1, 0.15) is 44.1 Å². The van der Waals surface area contributed by atoms with Crippen LogP contribution in [0.3, 0.4) is 0 Å². The smallest absolute Gasteiger partial charge is 0.326 e. The zero-order valence-corrected chi connectivity index (χ0v) is 15.3. The molecule has 0 saturated heterocycles. The summed E-state index contributed by atoms with van der Waals surface area (Å²) in [7, 11) is 0. The summed E-state index contributed by atoms with van der Waals surface area (Å²) in [6.07, 6.45) is 3.05. The Morgan fingerprint density at radius 1 is 1.27 bits per heavy atom. The lowest BCUT2D eigenvalue weighted by atomic mass is 9.99. The highest BCUT2D eigenvalue weighted by Gasteiger charge is 2.28. The Bertz CT molecular complexity index is 742. The molecule has 0 bridgehead atoms. The fourth-order valence-corrected chi connectivity index (χ4v) is 2.44. The second-order valence-electron chi connectivity index (χ2n) is 6.15. The molecule has 2 aromatic rings. The standard InChI is InChI=1S/C19H25N3O4/c1-4-11-26-15-12-22(14-9-7-6-8-10-14)21-17(15)18(23)20-16(19(24)25)13(3)5-2/h6-10,12-13,16H,4-5,11H2,1-3H3,(H,20,23)(H,24,25)/t13-,16-/m0/s1. The number of nitrogens with zero attached hydrogens (tertiary/aromatic N) is 2. The lowest BCUT2D eigenvalue weighted by Gasteiger charge is -2.19. The molecular formula is C19H25N3O4. The van der Waals surface area contributed by atoms with E-state index in [1.54, 1.807) is 17.8 Å². The van der Waals surface area contributed by atoms with Crippen LogP contribution >= 0.6 is 0 Å². The van der Waals surface area contributed by atoms with Gasteiger partial charge in [-0.25, -0.2) is 9.48 Å². The summed E-state index contributed by atoms with van der Waals surface area (Å²) in [4.78, 5) is 24.2. The van der Waals surface area contributed by atoms with Crippen LogP contribution < -0.4 is 10.1 Å². The van der Waals surface area contributed by atoms with E-state index in [0.717, 1.165) is 12.1 Å². The number of aliphatic carboxylic acids is 1. The molecule has 7 heteroatoms. The fraction of sp³-hybridized carbons (Fsp3) is 0.421. The van der Waals surface area contributed by atoms with Crippen LogP contribution in [0.4, 0.5) is 0 Å². The highest BCUT2D eigenvalue weighted by atomic mass is 16.5. The first-order chi connectivity index (χ1) is 12.5. The third kappa shape index (κ3) is 4.62. The van der Waals surface area contributed by atoms with Crippen LogP contribution in [-0.4, -0.2) is 39.4 Å². The van der Waals surface area contributed by atoms with Crippen molar-refractivity contribution in [2.24, 2.45) is 5.92 Å². The first-order valence-electron chi connectivity index (χ1n) is 8.79. The Kier molecular flexibility index (Phi) is 6.77. The summed E-state index contributed by atoms with van der Waals surface area (Å²) < 4.78 is 7.20. The minimum Gasteiger partial charge on any atom is -0.489 e. The molecule has 1 heterocycles. The molecule has 7 nitrogen and oxygen atoms in total. The number of para-hydroxylation sites is 1. The molecule has 2 rings (SSSR count). The number of carbonyl (C=O) groups is 2. The van der Waals surface area contributed by atoms with Crippen molar-refractivity contribution < 1.29 is 19.4 Å². The molecule has 2 atom stereocenters. The summed E-state index contributed by atoms with van der Waals surface area (Å²) >= 11 is 0. The van der Waals surface area contributed by atoms with E-state index in [4.69, 9.17) is 4.74 Å². The van der Waals surface area contributed by atoms with Crippen LogP contribution in [0.25, 0.3) is 5.69 Å². The van der Waals surface area contributed by atoms with Gasteiger partial charge in [0, 0.05) is 0 Å². The largest absolute Gasteiger partial charge is 0.489 e. The van der Waals surface area contributed by atoms with E-state index in [2.05, 4.69) is 10.4 Å². The van der Waals surface area contributed by atoms with Gasteiger partial charge in [0.2, 0.25) is 0 Å². The lowest BCUT2D eigenvalue weighted by Crippen LogP contribution is -2.45. The normalized spacial score (nSPS) is 13.0. The fourth-order valence-electron chi connectivity index (χ4n) is 2.44. The van der Waals surface area contributed by atoms with E-state index in [0.29, 0.717) is 18.8 Å². The average molecular weight is 359 g/mol. The van der Waals surface area contributed by atoms with E-state index >= 15 is 0 Å². The molecule has 1 amide bonds. The van der Waals surface area contributed by atoms with E-state index in [1.807, 2.05) is 44.2 Å². The van der Waals surface area contributed by atoms with Crippen molar-refractivity contribution in [1.29, 1.82) is 0 Å². The molecule has 0 aliphatic carbocycles. The van der Waals surface area contributed by atoms with E-state index in [-0.39, 0.29) is 11.6 Å².